The molecule has 0 aromatic carbocycles. The molecule has 0 aromatic heterocycles. The molecule has 0 aliphatic carbocycles. The molecule has 0 bridgehead atoms. The van der Waals surface area contributed by atoms with E-state index in [4.69, 9.17) is 10.5 Å². The van der Waals surface area contributed by atoms with Crippen LogP contribution in [0.2, 0.25) is 0 Å². The molecular weight excluding hydrogens is 416 g/mol. The van der Waals surface area contributed by atoms with E-state index in [1.807, 2.05) is 11.2 Å². The highest BCUT2D eigenvalue weighted by atomic mass is 32.2. The van der Waals surface area contributed by atoms with E-state index < -0.39 is 12.0 Å². The van der Waals surface area contributed by atoms with Crippen LogP contribution < -0.4 is 11.1 Å². The highest BCUT2D eigenvalue weighted by Crippen LogP contribution is 2.33. The topological polar surface area (TPSA) is 105 Å². The van der Waals surface area contributed by atoms with Gasteiger partial charge in [0.05, 0.1) is 19.7 Å². The first-order chi connectivity index (χ1) is 14.9. The summed E-state index contributed by atoms with van der Waals surface area (Å²) in [6, 6.07) is -0.839. The number of carbonyl (C=O) groups is 3. The zero-order valence-electron chi connectivity index (χ0n) is 19.5. The lowest BCUT2D eigenvalue weighted by Gasteiger charge is -2.35. The average molecular weight is 457 g/mol. The lowest BCUT2D eigenvalue weighted by molar-refractivity contribution is -0.146. The maximum atomic E-state index is 13.3. The molecule has 0 aromatic rings. The zero-order valence-corrected chi connectivity index (χ0v) is 20.3. The van der Waals surface area contributed by atoms with E-state index in [1.54, 1.807) is 11.8 Å². The van der Waals surface area contributed by atoms with Crippen molar-refractivity contribution in [3.63, 3.8) is 0 Å². The molecule has 2 aliphatic heterocycles. The quantitative estimate of drug-likeness (QED) is 0.448. The van der Waals surface area contributed by atoms with Crippen LogP contribution in [0.4, 0.5) is 0 Å². The van der Waals surface area contributed by atoms with E-state index >= 15 is 0 Å². The van der Waals surface area contributed by atoms with E-state index in [0.717, 1.165) is 44.5 Å². The minimum Gasteiger partial charge on any atom is -0.467 e. The molecule has 0 saturated carbocycles. The standard InChI is InChI=1S/C22H40N4O4S/c1-5-15-8-11-26(19(27)13-23)18(15)14-25-10-7-16(6-2)20(25)21(28)24-17(9-12-31-4)22(29)30-3/h15-18,20H,5-14,23H2,1-4H3,(H,24,28)/t15-,16-,17-,18+,20-/m0/s1. The number of amides is 2. The molecule has 5 atom stereocenters. The van der Waals surface area contributed by atoms with Gasteiger partial charge in [-0.1, -0.05) is 26.7 Å². The Balaban J connectivity index is 2.16. The first-order valence-electron chi connectivity index (χ1n) is 11.5. The van der Waals surface area contributed by atoms with E-state index in [1.165, 1.54) is 7.11 Å². The van der Waals surface area contributed by atoms with Gasteiger partial charge in [-0.05, 0) is 49.7 Å². The summed E-state index contributed by atoms with van der Waals surface area (Å²) in [5.41, 5.74) is 5.65. The summed E-state index contributed by atoms with van der Waals surface area (Å²) in [5.74, 6) is 0.895. The number of rotatable bonds is 11. The average Bonchev–Trinajstić information content (AvgIpc) is 3.39. The predicted molar refractivity (Wildman–Crippen MR) is 124 cm³/mol. The zero-order chi connectivity index (χ0) is 23.0. The largest absolute Gasteiger partial charge is 0.467 e. The Morgan fingerprint density at radius 2 is 1.84 bits per heavy atom. The van der Waals surface area contributed by atoms with E-state index in [9.17, 15) is 14.4 Å². The molecule has 2 amide bonds. The number of nitrogens with two attached hydrogens (primary N) is 1. The number of likely N-dealkylation sites (tertiary alicyclic amines) is 2. The van der Waals surface area contributed by atoms with Crippen molar-refractivity contribution in [2.45, 2.75) is 64.1 Å². The van der Waals surface area contributed by atoms with Crippen LogP contribution in [0.5, 0.6) is 0 Å². The Labute approximate surface area is 191 Å². The number of esters is 1. The summed E-state index contributed by atoms with van der Waals surface area (Å²) in [4.78, 5) is 42.1. The molecular formula is C22H40N4O4S. The van der Waals surface area contributed by atoms with Gasteiger partial charge >= 0.3 is 5.97 Å². The lowest BCUT2D eigenvalue weighted by Crippen LogP contribution is -2.55. The Morgan fingerprint density at radius 1 is 1.16 bits per heavy atom. The van der Waals surface area contributed by atoms with Crippen molar-refractivity contribution in [1.82, 2.24) is 15.1 Å². The Morgan fingerprint density at radius 3 is 2.42 bits per heavy atom. The molecule has 8 nitrogen and oxygen atoms in total. The molecule has 3 N–H and O–H groups in total. The van der Waals surface area contributed by atoms with Crippen molar-refractivity contribution in [3.05, 3.63) is 0 Å². The maximum absolute atomic E-state index is 13.3. The van der Waals surface area contributed by atoms with Crippen LogP contribution in [0.3, 0.4) is 0 Å². The first kappa shape index (κ1) is 25.9. The fourth-order valence-corrected chi connectivity index (χ4v) is 5.60. The van der Waals surface area contributed by atoms with Crippen molar-refractivity contribution in [2.75, 3.05) is 45.3 Å². The van der Waals surface area contributed by atoms with Gasteiger partial charge in [-0.3, -0.25) is 14.5 Å². The molecule has 0 spiro atoms. The highest BCUT2D eigenvalue weighted by Gasteiger charge is 2.43. The van der Waals surface area contributed by atoms with Crippen LogP contribution in [-0.4, -0.2) is 91.0 Å². The second-order valence-corrected chi connectivity index (χ2v) is 9.56. The van der Waals surface area contributed by atoms with Crippen molar-refractivity contribution < 1.29 is 19.1 Å². The van der Waals surface area contributed by atoms with Crippen LogP contribution >= 0.6 is 11.8 Å². The van der Waals surface area contributed by atoms with E-state index in [2.05, 4.69) is 24.1 Å². The molecule has 178 valence electrons. The molecule has 0 unspecified atom stereocenters. The second-order valence-electron chi connectivity index (χ2n) is 8.58. The number of hydrogen-bond acceptors (Lipinski definition) is 7. The van der Waals surface area contributed by atoms with Crippen LogP contribution in [0.15, 0.2) is 0 Å². The monoisotopic (exact) mass is 456 g/mol. The Kier molecular flexibility index (Phi) is 10.6. The number of thioether (sulfide) groups is 1. The third kappa shape index (κ3) is 6.35. The van der Waals surface area contributed by atoms with Crippen LogP contribution in [0.1, 0.15) is 46.0 Å². The lowest BCUT2D eigenvalue weighted by atomic mass is 9.94. The first-order valence-corrected chi connectivity index (χ1v) is 12.9. The van der Waals surface area contributed by atoms with Gasteiger partial charge in [-0.2, -0.15) is 11.8 Å². The number of ether oxygens (including phenoxy) is 1. The van der Waals surface area contributed by atoms with Crippen LogP contribution in [0, 0.1) is 11.8 Å². The van der Waals surface area contributed by atoms with Crippen LogP contribution in [-0.2, 0) is 19.1 Å². The number of nitrogens with one attached hydrogen (secondary N) is 1. The molecule has 31 heavy (non-hydrogen) atoms. The van der Waals surface area contributed by atoms with E-state index in [-0.39, 0.29) is 36.4 Å². The number of nitrogens with zero attached hydrogens (tertiary/aromatic N) is 2. The van der Waals surface area contributed by atoms with Gasteiger partial charge in [-0.25, -0.2) is 4.79 Å². The fraction of sp³-hybridized carbons (Fsp3) is 0.864. The summed E-state index contributed by atoms with van der Waals surface area (Å²) in [6.45, 7) is 6.51. The minimum absolute atomic E-state index is 0.0176. The molecule has 9 heteroatoms. The molecule has 2 rings (SSSR count). The maximum Gasteiger partial charge on any atom is 0.328 e. The second kappa shape index (κ2) is 12.6. The third-order valence-corrected chi connectivity index (χ3v) is 7.60. The van der Waals surface area contributed by atoms with Gasteiger partial charge in [0.25, 0.3) is 0 Å². The third-order valence-electron chi connectivity index (χ3n) is 6.96. The van der Waals surface area contributed by atoms with Crippen molar-refractivity contribution in [3.8, 4) is 0 Å². The SMILES string of the molecule is CC[C@H]1CCN(C[C@@H]2[C@@H](CC)CCN2C(=O)CN)[C@@H]1C(=O)N[C@@H](CCSC)C(=O)OC. The summed E-state index contributed by atoms with van der Waals surface area (Å²) in [6.07, 6.45) is 6.34. The summed E-state index contributed by atoms with van der Waals surface area (Å²) in [7, 11) is 1.35. The fourth-order valence-electron chi connectivity index (χ4n) is 5.13. The summed E-state index contributed by atoms with van der Waals surface area (Å²) in [5, 5.41) is 2.96. The van der Waals surface area contributed by atoms with Gasteiger partial charge in [0.2, 0.25) is 11.8 Å². The highest BCUT2D eigenvalue weighted by molar-refractivity contribution is 7.98. The summed E-state index contributed by atoms with van der Waals surface area (Å²) >= 11 is 1.63. The van der Waals surface area contributed by atoms with E-state index in [0.29, 0.717) is 18.9 Å². The van der Waals surface area contributed by atoms with Crippen molar-refractivity contribution in [2.24, 2.45) is 17.6 Å². The number of hydrogen-bond donors (Lipinski definition) is 2. The van der Waals surface area contributed by atoms with Gasteiger partial charge in [0.15, 0.2) is 0 Å². The Hall–Kier alpha value is -1.32. The van der Waals surface area contributed by atoms with Crippen LogP contribution in [0.25, 0.3) is 0 Å². The number of carbonyl (C=O) groups excluding carboxylic acids is 3. The number of methoxy groups -OCH3 is 1. The molecule has 2 aliphatic rings. The molecule has 0 radical (unpaired) electrons. The Bertz CT molecular complexity index is 620. The molecule has 2 fully saturated rings. The van der Waals surface area contributed by atoms with Gasteiger partial charge in [0.1, 0.15) is 6.04 Å². The predicted octanol–water partition coefficient (Wildman–Crippen LogP) is 1.08. The molecule has 2 heterocycles. The molecule has 2 saturated heterocycles. The van der Waals surface area contributed by atoms with Gasteiger partial charge < -0.3 is 20.7 Å². The van der Waals surface area contributed by atoms with Crippen molar-refractivity contribution in [1.29, 1.82) is 0 Å². The van der Waals surface area contributed by atoms with Gasteiger partial charge in [-0.15, -0.1) is 0 Å². The summed E-state index contributed by atoms with van der Waals surface area (Å²) < 4.78 is 4.91. The van der Waals surface area contributed by atoms with Gasteiger partial charge in [0, 0.05) is 19.1 Å². The normalized spacial score (nSPS) is 27.3. The minimum atomic E-state index is -0.630. The smallest absolute Gasteiger partial charge is 0.328 e. The van der Waals surface area contributed by atoms with Crippen molar-refractivity contribution >= 4 is 29.5 Å².